The molecule has 1 rings (SSSR count). The minimum atomic E-state index is -3.45. The maximum Gasteiger partial charge on any atom is 0.238 e. The molecule has 3 nitrogen and oxygen atoms in total. The summed E-state index contributed by atoms with van der Waals surface area (Å²) in [4.78, 5) is 0.188. The standard InChI is InChI=1S/C4H5NO2S2/c5-9(6,7)4-1-2-8-3-4/h1-3H,(H2,5,6,7). The Hall–Kier alpha value is -0.390. The summed E-state index contributed by atoms with van der Waals surface area (Å²) in [7, 11) is -3.45. The van der Waals surface area contributed by atoms with Gasteiger partial charge in [0.25, 0.3) is 0 Å². The molecule has 0 aliphatic heterocycles. The molecule has 1 aromatic heterocycles. The van der Waals surface area contributed by atoms with Crippen LogP contribution < -0.4 is 5.14 Å². The molecule has 2 N–H and O–H groups in total. The first-order valence-corrected chi connectivity index (χ1v) is 4.64. The number of hydrogen-bond acceptors (Lipinski definition) is 3. The first kappa shape index (κ1) is 6.73. The minimum Gasteiger partial charge on any atom is -0.225 e. The van der Waals surface area contributed by atoms with Gasteiger partial charge in [0.2, 0.25) is 10.0 Å². The number of thiophene rings is 1. The maximum atomic E-state index is 10.5. The Labute approximate surface area is 57.2 Å². The van der Waals surface area contributed by atoms with Crippen molar-refractivity contribution in [1.29, 1.82) is 0 Å². The Kier molecular flexibility index (Phi) is 1.56. The number of nitrogens with two attached hydrogens (primary N) is 1. The summed E-state index contributed by atoms with van der Waals surface area (Å²) in [5.41, 5.74) is 0. The van der Waals surface area contributed by atoms with Gasteiger partial charge in [0.05, 0.1) is 4.90 Å². The van der Waals surface area contributed by atoms with Crippen LogP contribution in [0.1, 0.15) is 0 Å². The van der Waals surface area contributed by atoms with Crippen LogP contribution in [0.25, 0.3) is 0 Å². The Bertz CT molecular complexity index is 274. The van der Waals surface area contributed by atoms with E-state index in [0.717, 1.165) is 0 Å². The minimum absolute atomic E-state index is 0.188. The van der Waals surface area contributed by atoms with Crippen LogP contribution in [-0.4, -0.2) is 8.42 Å². The summed E-state index contributed by atoms with van der Waals surface area (Å²) >= 11 is 1.31. The van der Waals surface area contributed by atoms with Crippen molar-refractivity contribution in [3.63, 3.8) is 0 Å². The highest BCUT2D eigenvalue weighted by Gasteiger charge is 2.05. The van der Waals surface area contributed by atoms with Crippen molar-refractivity contribution in [1.82, 2.24) is 0 Å². The Morgan fingerprint density at radius 1 is 1.56 bits per heavy atom. The highest BCUT2D eigenvalue weighted by molar-refractivity contribution is 7.89. The van der Waals surface area contributed by atoms with Crippen LogP contribution in [0.3, 0.4) is 0 Å². The molecule has 0 unspecified atom stereocenters. The maximum absolute atomic E-state index is 10.5. The van der Waals surface area contributed by atoms with Crippen molar-refractivity contribution in [2.24, 2.45) is 5.14 Å². The van der Waals surface area contributed by atoms with Gasteiger partial charge in [0, 0.05) is 5.38 Å². The summed E-state index contributed by atoms with van der Waals surface area (Å²) in [6, 6.07) is 1.47. The molecule has 0 spiro atoms. The molecule has 0 aromatic carbocycles. The summed E-state index contributed by atoms with van der Waals surface area (Å²) in [6.07, 6.45) is 0. The molecule has 50 valence electrons. The number of rotatable bonds is 1. The molecule has 9 heavy (non-hydrogen) atoms. The Morgan fingerprint density at radius 2 is 2.22 bits per heavy atom. The van der Waals surface area contributed by atoms with Gasteiger partial charge in [-0.15, -0.1) is 0 Å². The molecule has 0 radical (unpaired) electrons. The van der Waals surface area contributed by atoms with Crippen LogP contribution in [-0.2, 0) is 10.0 Å². The lowest BCUT2D eigenvalue weighted by Gasteiger charge is -1.86. The molecule has 0 saturated carbocycles. The van der Waals surface area contributed by atoms with Crippen molar-refractivity contribution >= 4 is 21.4 Å². The molecule has 1 heterocycles. The average molecular weight is 163 g/mol. The number of hydrogen-bond donors (Lipinski definition) is 1. The van der Waals surface area contributed by atoms with E-state index < -0.39 is 10.0 Å². The van der Waals surface area contributed by atoms with E-state index in [2.05, 4.69) is 0 Å². The van der Waals surface area contributed by atoms with Gasteiger partial charge >= 0.3 is 0 Å². The second-order valence-corrected chi connectivity index (χ2v) is 3.85. The van der Waals surface area contributed by atoms with Crippen molar-refractivity contribution in [2.75, 3.05) is 0 Å². The third-order valence-electron chi connectivity index (χ3n) is 0.824. The quantitative estimate of drug-likeness (QED) is 0.651. The Morgan fingerprint density at radius 3 is 2.44 bits per heavy atom. The molecule has 0 fully saturated rings. The third kappa shape index (κ3) is 1.51. The van der Waals surface area contributed by atoms with Crippen molar-refractivity contribution in [2.45, 2.75) is 4.90 Å². The van der Waals surface area contributed by atoms with E-state index in [0.29, 0.717) is 0 Å². The summed E-state index contributed by atoms with van der Waals surface area (Å²) in [6.45, 7) is 0. The second-order valence-electron chi connectivity index (χ2n) is 1.50. The highest BCUT2D eigenvalue weighted by Crippen LogP contribution is 2.09. The normalized spacial score (nSPS) is 11.7. The topological polar surface area (TPSA) is 60.2 Å². The van der Waals surface area contributed by atoms with Crippen LogP contribution in [0.15, 0.2) is 21.7 Å². The summed E-state index contributed by atoms with van der Waals surface area (Å²) in [5, 5.41) is 7.94. The van der Waals surface area contributed by atoms with Gasteiger partial charge in [0.1, 0.15) is 0 Å². The van der Waals surface area contributed by atoms with E-state index in [4.69, 9.17) is 5.14 Å². The first-order chi connectivity index (χ1) is 4.11. The zero-order valence-corrected chi connectivity index (χ0v) is 6.08. The monoisotopic (exact) mass is 163 g/mol. The molecular formula is C4H5NO2S2. The third-order valence-corrected chi connectivity index (χ3v) is 2.57. The van der Waals surface area contributed by atoms with Gasteiger partial charge in [-0.2, -0.15) is 11.3 Å². The van der Waals surface area contributed by atoms with Crippen LogP contribution in [0.2, 0.25) is 0 Å². The zero-order valence-electron chi connectivity index (χ0n) is 4.44. The van der Waals surface area contributed by atoms with Crippen LogP contribution in [0.5, 0.6) is 0 Å². The Balaban J connectivity index is 3.20. The van der Waals surface area contributed by atoms with E-state index in [1.54, 1.807) is 5.38 Å². The fourth-order valence-electron chi connectivity index (χ4n) is 0.414. The summed E-state index contributed by atoms with van der Waals surface area (Å²) in [5.74, 6) is 0. The molecule has 0 aliphatic carbocycles. The molecule has 0 bridgehead atoms. The predicted molar refractivity (Wildman–Crippen MR) is 35.7 cm³/mol. The molecule has 0 saturated heterocycles. The SMILES string of the molecule is NS(=O)(=O)c1ccsc1. The lowest BCUT2D eigenvalue weighted by Crippen LogP contribution is -2.10. The number of primary sulfonamides is 1. The van der Waals surface area contributed by atoms with E-state index in [9.17, 15) is 8.42 Å². The fourth-order valence-corrected chi connectivity index (χ4v) is 1.98. The molecule has 0 atom stereocenters. The van der Waals surface area contributed by atoms with E-state index in [-0.39, 0.29) is 4.90 Å². The molecule has 5 heteroatoms. The van der Waals surface area contributed by atoms with Gasteiger partial charge in [-0.25, -0.2) is 13.6 Å². The van der Waals surface area contributed by atoms with Crippen molar-refractivity contribution < 1.29 is 8.42 Å². The van der Waals surface area contributed by atoms with Crippen LogP contribution >= 0.6 is 11.3 Å². The average Bonchev–Trinajstić information content (AvgIpc) is 2.08. The van der Waals surface area contributed by atoms with Gasteiger partial charge in [-0.05, 0) is 11.4 Å². The lowest BCUT2D eigenvalue weighted by atomic mass is 10.7. The van der Waals surface area contributed by atoms with Gasteiger partial charge in [0.15, 0.2) is 0 Å². The molecule has 0 aliphatic rings. The van der Waals surface area contributed by atoms with Crippen molar-refractivity contribution in [3.8, 4) is 0 Å². The van der Waals surface area contributed by atoms with Crippen LogP contribution in [0.4, 0.5) is 0 Å². The van der Waals surface area contributed by atoms with Gasteiger partial charge < -0.3 is 0 Å². The molecule has 0 amide bonds. The molecule has 1 aromatic rings. The smallest absolute Gasteiger partial charge is 0.225 e. The predicted octanol–water partition coefficient (Wildman–Crippen LogP) is 0.396. The highest BCUT2D eigenvalue weighted by atomic mass is 32.2. The lowest BCUT2D eigenvalue weighted by molar-refractivity contribution is 0.598. The zero-order chi connectivity index (χ0) is 6.91. The second kappa shape index (κ2) is 2.09. The van der Waals surface area contributed by atoms with Gasteiger partial charge in [-0.3, -0.25) is 0 Å². The van der Waals surface area contributed by atoms with E-state index in [1.165, 1.54) is 22.8 Å². The van der Waals surface area contributed by atoms with Gasteiger partial charge in [-0.1, -0.05) is 0 Å². The largest absolute Gasteiger partial charge is 0.238 e. The summed E-state index contributed by atoms with van der Waals surface area (Å²) < 4.78 is 21.0. The number of sulfonamides is 1. The van der Waals surface area contributed by atoms with E-state index >= 15 is 0 Å². The fraction of sp³-hybridized carbons (Fsp3) is 0. The van der Waals surface area contributed by atoms with Crippen LogP contribution in [0, 0.1) is 0 Å². The molecular weight excluding hydrogens is 158 g/mol. The first-order valence-electron chi connectivity index (χ1n) is 2.16. The van der Waals surface area contributed by atoms with E-state index in [1.807, 2.05) is 0 Å². The van der Waals surface area contributed by atoms with Crippen molar-refractivity contribution in [3.05, 3.63) is 16.8 Å².